The Kier molecular flexibility index (Phi) is 3.34. The molecule has 2 fully saturated rings. The lowest BCUT2D eigenvalue weighted by Gasteiger charge is -2.46. The Hall–Kier alpha value is -2.43. The number of imide groups is 1. The van der Waals surface area contributed by atoms with Crippen molar-refractivity contribution in [2.24, 2.45) is 23.7 Å². The van der Waals surface area contributed by atoms with Gasteiger partial charge in [-0.15, -0.1) is 0 Å². The van der Waals surface area contributed by atoms with Gasteiger partial charge < -0.3 is 4.90 Å². The molecule has 0 unspecified atom stereocenters. The monoisotopic (exact) mass is 324 g/mol. The largest absolute Gasteiger partial charge is 0.335 e. The number of rotatable bonds is 3. The Balaban J connectivity index is 1.73. The van der Waals surface area contributed by atoms with Crippen molar-refractivity contribution in [3.8, 4) is 0 Å². The van der Waals surface area contributed by atoms with Crippen molar-refractivity contribution < 1.29 is 14.4 Å². The number of hydrogen-bond donors (Lipinski definition) is 0. The second-order valence-corrected chi connectivity index (χ2v) is 7.18. The van der Waals surface area contributed by atoms with Gasteiger partial charge in [0.2, 0.25) is 17.7 Å². The summed E-state index contributed by atoms with van der Waals surface area (Å²) in [6.07, 6.45) is 3.76. The summed E-state index contributed by atoms with van der Waals surface area (Å²) in [6.45, 7) is 4.71. The Bertz CT molecular complexity index is 740. The maximum atomic E-state index is 13.0. The number of nitrogens with zero attached hydrogens (tertiary/aromatic N) is 2. The van der Waals surface area contributed by atoms with Crippen molar-refractivity contribution in [2.45, 2.75) is 19.9 Å². The van der Waals surface area contributed by atoms with Gasteiger partial charge in [-0.2, -0.15) is 0 Å². The molecule has 5 nitrogen and oxygen atoms in total. The molecule has 1 aromatic rings. The van der Waals surface area contributed by atoms with E-state index < -0.39 is 17.8 Å². The molecule has 5 rings (SSSR count). The minimum Gasteiger partial charge on any atom is -0.335 e. The number of anilines is 1. The first-order valence-electron chi connectivity index (χ1n) is 8.42. The average molecular weight is 324 g/mol. The van der Waals surface area contributed by atoms with Gasteiger partial charge in [0, 0.05) is 6.54 Å². The molecule has 3 aliphatic heterocycles. The van der Waals surface area contributed by atoms with Crippen LogP contribution in [0, 0.1) is 23.7 Å². The lowest BCUT2D eigenvalue weighted by molar-refractivity contribution is -0.151. The molecule has 124 valence electrons. The maximum Gasteiger partial charge on any atom is 0.240 e. The quantitative estimate of drug-likeness (QED) is 0.630. The molecule has 2 saturated heterocycles. The summed E-state index contributed by atoms with van der Waals surface area (Å²) in [5, 5.41) is 0. The van der Waals surface area contributed by atoms with Crippen LogP contribution in [0.15, 0.2) is 42.5 Å². The summed E-state index contributed by atoms with van der Waals surface area (Å²) in [4.78, 5) is 41.7. The predicted octanol–water partition coefficient (Wildman–Crippen LogP) is 1.84. The van der Waals surface area contributed by atoms with Crippen LogP contribution in [-0.2, 0) is 14.4 Å². The van der Waals surface area contributed by atoms with Crippen LogP contribution in [-0.4, -0.2) is 35.2 Å². The van der Waals surface area contributed by atoms with Crippen molar-refractivity contribution >= 4 is 23.4 Å². The van der Waals surface area contributed by atoms with Crippen molar-refractivity contribution in [1.29, 1.82) is 0 Å². The average Bonchev–Trinajstić information content (AvgIpc) is 2.84. The number of piperidine rings is 1. The van der Waals surface area contributed by atoms with Gasteiger partial charge in [-0.25, -0.2) is 4.90 Å². The zero-order valence-corrected chi connectivity index (χ0v) is 13.8. The van der Waals surface area contributed by atoms with Gasteiger partial charge in [0.25, 0.3) is 0 Å². The van der Waals surface area contributed by atoms with Crippen LogP contribution in [0.4, 0.5) is 5.69 Å². The third-order valence-corrected chi connectivity index (χ3v) is 5.17. The van der Waals surface area contributed by atoms with Crippen molar-refractivity contribution in [2.75, 3.05) is 11.4 Å². The molecule has 24 heavy (non-hydrogen) atoms. The Labute approximate surface area is 140 Å². The van der Waals surface area contributed by atoms with E-state index in [2.05, 4.69) is 13.8 Å². The molecule has 5 heteroatoms. The number of amides is 3. The Morgan fingerprint density at radius 1 is 0.917 bits per heavy atom. The molecule has 0 N–H and O–H groups in total. The van der Waals surface area contributed by atoms with E-state index in [4.69, 9.17) is 0 Å². The van der Waals surface area contributed by atoms with E-state index in [0.29, 0.717) is 18.2 Å². The van der Waals surface area contributed by atoms with E-state index in [-0.39, 0.29) is 23.8 Å². The van der Waals surface area contributed by atoms with Gasteiger partial charge >= 0.3 is 0 Å². The molecule has 1 aromatic carbocycles. The van der Waals surface area contributed by atoms with Crippen LogP contribution >= 0.6 is 0 Å². The number of carbonyl (C=O) groups is 3. The lowest BCUT2D eigenvalue weighted by Crippen LogP contribution is -2.59. The van der Waals surface area contributed by atoms with Crippen LogP contribution in [0.5, 0.6) is 0 Å². The van der Waals surface area contributed by atoms with E-state index in [1.165, 1.54) is 4.90 Å². The molecule has 4 aliphatic rings. The highest BCUT2D eigenvalue weighted by Gasteiger charge is 2.62. The molecule has 0 aromatic heterocycles. The minimum absolute atomic E-state index is 0.0199. The van der Waals surface area contributed by atoms with Crippen LogP contribution in [0.3, 0.4) is 0 Å². The number of carbonyl (C=O) groups excluding carboxylic acids is 3. The summed E-state index contributed by atoms with van der Waals surface area (Å²) >= 11 is 0. The first-order valence-corrected chi connectivity index (χ1v) is 8.42. The highest BCUT2D eigenvalue weighted by molar-refractivity contribution is 6.24. The second-order valence-electron chi connectivity index (χ2n) is 7.18. The summed E-state index contributed by atoms with van der Waals surface area (Å²) < 4.78 is 0. The van der Waals surface area contributed by atoms with Gasteiger partial charge in [0.1, 0.15) is 0 Å². The number of fused-ring (bicyclic) bond motifs is 1. The fourth-order valence-corrected chi connectivity index (χ4v) is 4.23. The van der Waals surface area contributed by atoms with Gasteiger partial charge in [-0.05, 0) is 18.1 Å². The third-order valence-electron chi connectivity index (χ3n) is 5.17. The zero-order chi connectivity index (χ0) is 17.0. The zero-order valence-electron chi connectivity index (χ0n) is 13.8. The fourth-order valence-electron chi connectivity index (χ4n) is 4.23. The Morgan fingerprint density at radius 3 is 2.25 bits per heavy atom. The van der Waals surface area contributed by atoms with E-state index in [1.54, 1.807) is 29.2 Å². The van der Waals surface area contributed by atoms with Gasteiger partial charge in [-0.1, -0.05) is 44.2 Å². The fraction of sp³-hybridized carbons (Fsp3) is 0.421. The lowest BCUT2D eigenvalue weighted by atomic mass is 9.69. The van der Waals surface area contributed by atoms with Gasteiger partial charge in [-0.3, -0.25) is 14.4 Å². The number of hydrogen-bond acceptors (Lipinski definition) is 3. The molecule has 0 radical (unpaired) electrons. The predicted molar refractivity (Wildman–Crippen MR) is 88.9 cm³/mol. The maximum absolute atomic E-state index is 13.0. The summed E-state index contributed by atoms with van der Waals surface area (Å²) in [5.74, 6) is -1.65. The molecular weight excluding hydrogens is 304 g/mol. The van der Waals surface area contributed by atoms with Crippen molar-refractivity contribution in [3.05, 3.63) is 42.5 Å². The Morgan fingerprint density at radius 2 is 1.58 bits per heavy atom. The van der Waals surface area contributed by atoms with Crippen molar-refractivity contribution in [1.82, 2.24) is 4.90 Å². The molecule has 0 saturated carbocycles. The molecule has 2 bridgehead atoms. The van der Waals surface area contributed by atoms with E-state index in [9.17, 15) is 14.4 Å². The van der Waals surface area contributed by atoms with E-state index >= 15 is 0 Å². The highest BCUT2D eigenvalue weighted by atomic mass is 16.2. The molecule has 4 atom stereocenters. The third kappa shape index (κ3) is 1.97. The molecule has 1 aliphatic carbocycles. The van der Waals surface area contributed by atoms with Crippen LogP contribution in [0.1, 0.15) is 13.8 Å². The summed E-state index contributed by atoms with van der Waals surface area (Å²) in [6, 6.07) is 8.68. The topological polar surface area (TPSA) is 57.7 Å². The van der Waals surface area contributed by atoms with Crippen LogP contribution in [0.25, 0.3) is 0 Å². The highest BCUT2D eigenvalue weighted by Crippen LogP contribution is 2.46. The van der Waals surface area contributed by atoms with E-state index in [1.807, 2.05) is 18.2 Å². The molecule has 3 amide bonds. The number of para-hydroxylation sites is 1. The van der Waals surface area contributed by atoms with Crippen molar-refractivity contribution in [3.63, 3.8) is 0 Å². The smallest absolute Gasteiger partial charge is 0.240 e. The normalized spacial score (nSPS) is 31.4. The standard InChI is InChI=1S/C19H20N2O3/c1-11(2)10-20-14-9-8-13(17(20)22)15-16(14)19(24)21(18(15)23)12-6-4-3-5-7-12/h3-9,11,13-16H,10H2,1-2H3/t13-,14+,15+,16-/m1/s1. The SMILES string of the molecule is CC(C)CN1C(=O)[C@@H]2C=C[C@H]1[C@H]1C(=O)N(c3ccccc3)C(=O)[C@H]12. The van der Waals surface area contributed by atoms with Crippen LogP contribution < -0.4 is 4.90 Å². The number of benzene rings is 1. The summed E-state index contributed by atoms with van der Waals surface area (Å²) in [7, 11) is 0. The molecule has 3 heterocycles. The molecular formula is C19H20N2O3. The van der Waals surface area contributed by atoms with Crippen LogP contribution in [0.2, 0.25) is 0 Å². The van der Waals surface area contributed by atoms with Gasteiger partial charge in [0.05, 0.1) is 29.5 Å². The first-order chi connectivity index (χ1) is 11.5. The first kappa shape index (κ1) is 15.1. The molecule has 0 spiro atoms. The van der Waals surface area contributed by atoms with E-state index in [0.717, 1.165) is 0 Å². The summed E-state index contributed by atoms with van der Waals surface area (Å²) in [5.41, 5.74) is 0.587. The second kappa shape index (κ2) is 5.30. The minimum atomic E-state index is -0.552. The van der Waals surface area contributed by atoms with Gasteiger partial charge in [0.15, 0.2) is 0 Å².